The highest BCUT2D eigenvalue weighted by Crippen LogP contribution is 2.18. The molecule has 0 radical (unpaired) electrons. The highest BCUT2D eigenvalue weighted by Gasteiger charge is 2.20. The number of rotatable bonds is 3. The molecule has 3 rings (SSSR count). The maximum Gasteiger partial charge on any atom is 0.319 e. The Hall–Kier alpha value is -2.82. The fourth-order valence-corrected chi connectivity index (χ4v) is 2.67. The van der Waals surface area contributed by atoms with Crippen LogP contribution in [0.3, 0.4) is 0 Å². The number of hydrogen-bond donors (Lipinski definition) is 2. The Bertz CT molecular complexity index is 700. The molecule has 1 aliphatic heterocycles. The van der Waals surface area contributed by atoms with E-state index < -0.39 is 0 Å². The zero-order valence-electron chi connectivity index (χ0n) is 12.8. The first-order valence-corrected chi connectivity index (χ1v) is 7.67. The molecular weight excluding hydrogens is 290 g/mol. The number of benzene rings is 2. The Morgan fingerprint density at radius 3 is 2.43 bits per heavy atom. The van der Waals surface area contributed by atoms with Crippen molar-refractivity contribution in [3.63, 3.8) is 0 Å². The molecule has 2 aromatic carbocycles. The van der Waals surface area contributed by atoms with Gasteiger partial charge in [0.15, 0.2) is 0 Å². The lowest BCUT2D eigenvalue weighted by atomic mass is 10.00. The summed E-state index contributed by atoms with van der Waals surface area (Å²) in [7, 11) is 0. The number of para-hydroxylation sites is 1. The summed E-state index contributed by atoms with van der Waals surface area (Å²) in [5.74, 6) is -0.0669. The number of amides is 3. The molecule has 5 nitrogen and oxygen atoms in total. The van der Waals surface area contributed by atoms with E-state index in [1.54, 1.807) is 17.0 Å². The highest BCUT2D eigenvalue weighted by molar-refractivity contribution is 5.92. The summed E-state index contributed by atoms with van der Waals surface area (Å²) in [5, 5.41) is 5.31. The topological polar surface area (TPSA) is 61.4 Å². The molecule has 5 heteroatoms. The van der Waals surface area contributed by atoms with E-state index in [0.717, 1.165) is 6.42 Å². The van der Waals surface area contributed by atoms with E-state index in [4.69, 9.17) is 0 Å². The summed E-state index contributed by atoms with van der Waals surface area (Å²) in [5.41, 5.74) is 3.18. The van der Waals surface area contributed by atoms with E-state index in [0.29, 0.717) is 18.8 Å². The number of fused-ring (bicyclic) bond motifs is 1. The normalized spacial score (nSPS) is 13.1. The van der Waals surface area contributed by atoms with Gasteiger partial charge in [0.05, 0.1) is 6.54 Å². The standard InChI is InChI=1S/C18H19N3O2/c22-17(12-19-18(23)20-16-8-2-1-3-9-16)21-11-10-14-6-4-5-7-15(14)13-21/h1-9H,10-13H2,(H2,19,20,23). The smallest absolute Gasteiger partial charge is 0.319 e. The molecule has 1 heterocycles. The number of hydrogen-bond acceptors (Lipinski definition) is 2. The van der Waals surface area contributed by atoms with Crippen molar-refractivity contribution in [1.82, 2.24) is 10.2 Å². The Morgan fingerprint density at radius 1 is 0.957 bits per heavy atom. The van der Waals surface area contributed by atoms with Gasteiger partial charge in [0.2, 0.25) is 5.91 Å². The molecule has 0 spiro atoms. The molecule has 0 aromatic heterocycles. The predicted octanol–water partition coefficient (Wildman–Crippen LogP) is 2.39. The van der Waals surface area contributed by atoms with Gasteiger partial charge in [0, 0.05) is 18.8 Å². The monoisotopic (exact) mass is 309 g/mol. The second-order valence-electron chi connectivity index (χ2n) is 5.51. The first kappa shape index (κ1) is 15.1. The van der Waals surface area contributed by atoms with Crippen LogP contribution in [-0.2, 0) is 17.8 Å². The van der Waals surface area contributed by atoms with E-state index >= 15 is 0 Å². The minimum Gasteiger partial charge on any atom is -0.336 e. The van der Waals surface area contributed by atoms with Crippen molar-refractivity contribution in [2.45, 2.75) is 13.0 Å². The third-order valence-corrected chi connectivity index (χ3v) is 3.92. The fraction of sp³-hybridized carbons (Fsp3) is 0.222. The lowest BCUT2D eigenvalue weighted by molar-refractivity contribution is -0.130. The average molecular weight is 309 g/mol. The molecule has 2 aromatic rings. The van der Waals surface area contributed by atoms with Crippen molar-refractivity contribution >= 4 is 17.6 Å². The number of carbonyl (C=O) groups excluding carboxylic acids is 2. The van der Waals surface area contributed by atoms with Crippen molar-refractivity contribution in [2.24, 2.45) is 0 Å². The molecule has 0 saturated carbocycles. The highest BCUT2D eigenvalue weighted by atomic mass is 16.2. The zero-order valence-corrected chi connectivity index (χ0v) is 12.8. The largest absolute Gasteiger partial charge is 0.336 e. The molecular formula is C18H19N3O2. The van der Waals surface area contributed by atoms with Gasteiger partial charge in [-0.25, -0.2) is 4.79 Å². The van der Waals surface area contributed by atoms with Gasteiger partial charge < -0.3 is 15.5 Å². The van der Waals surface area contributed by atoms with Crippen molar-refractivity contribution < 1.29 is 9.59 Å². The van der Waals surface area contributed by atoms with Crippen LogP contribution in [0, 0.1) is 0 Å². The molecule has 3 amide bonds. The molecule has 0 bridgehead atoms. The minimum atomic E-state index is -0.373. The second-order valence-corrected chi connectivity index (χ2v) is 5.51. The van der Waals surface area contributed by atoms with E-state index in [9.17, 15) is 9.59 Å². The zero-order chi connectivity index (χ0) is 16.1. The van der Waals surface area contributed by atoms with E-state index in [1.165, 1.54) is 11.1 Å². The van der Waals surface area contributed by atoms with E-state index in [1.807, 2.05) is 36.4 Å². The Labute approximate surface area is 135 Å². The molecule has 118 valence electrons. The maximum absolute atomic E-state index is 12.2. The molecule has 0 fully saturated rings. The SMILES string of the molecule is O=C(NCC(=O)N1CCc2ccccc2C1)Nc1ccccc1. The summed E-state index contributed by atoms with van der Waals surface area (Å²) in [6.45, 7) is 1.30. The van der Waals surface area contributed by atoms with Gasteiger partial charge >= 0.3 is 6.03 Å². The van der Waals surface area contributed by atoms with Crippen LogP contribution in [0.1, 0.15) is 11.1 Å². The van der Waals surface area contributed by atoms with Gasteiger partial charge in [-0.15, -0.1) is 0 Å². The number of anilines is 1. The van der Waals surface area contributed by atoms with E-state index in [-0.39, 0.29) is 18.5 Å². The number of nitrogens with zero attached hydrogens (tertiary/aromatic N) is 1. The molecule has 0 aliphatic carbocycles. The van der Waals surface area contributed by atoms with Crippen LogP contribution in [-0.4, -0.2) is 29.9 Å². The van der Waals surface area contributed by atoms with Gasteiger partial charge in [0.25, 0.3) is 0 Å². The first-order chi connectivity index (χ1) is 11.2. The van der Waals surface area contributed by atoms with Crippen LogP contribution in [0.25, 0.3) is 0 Å². The van der Waals surface area contributed by atoms with Gasteiger partial charge in [0.1, 0.15) is 0 Å². The molecule has 0 atom stereocenters. The maximum atomic E-state index is 12.2. The van der Waals surface area contributed by atoms with Crippen molar-refractivity contribution in [3.05, 3.63) is 65.7 Å². The van der Waals surface area contributed by atoms with Crippen molar-refractivity contribution in [3.8, 4) is 0 Å². The van der Waals surface area contributed by atoms with Gasteiger partial charge in [-0.1, -0.05) is 42.5 Å². The number of urea groups is 1. The predicted molar refractivity (Wildman–Crippen MR) is 89.0 cm³/mol. The summed E-state index contributed by atoms with van der Waals surface area (Å²) in [6.07, 6.45) is 0.859. The summed E-state index contributed by atoms with van der Waals surface area (Å²) in [6, 6.07) is 16.9. The lowest BCUT2D eigenvalue weighted by Crippen LogP contribution is -2.43. The van der Waals surface area contributed by atoms with Crippen LogP contribution >= 0.6 is 0 Å². The Morgan fingerprint density at radius 2 is 1.65 bits per heavy atom. The summed E-state index contributed by atoms with van der Waals surface area (Å²) in [4.78, 5) is 25.8. The molecule has 1 aliphatic rings. The summed E-state index contributed by atoms with van der Waals surface area (Å²) >= 11 is 0. The lowest BCUT2D eigenvalue weighted by Gasteiger charge is -2.29. The second kappa shape index (κ2) is 6.96. The molecule has 23 heavy (non-hydrogen) atoms. The Balaban J connectivity index is 1.49. The fourth-order valence-electron chi connectivity index (χ4n) is 2.67. The van der Waals surface area contributed by atoms with Crippen LogP contribution in [0.4, 0.5) is 10.5 Å². The van der Waals surface area contributed by atoms with Crippen LogP contribution in [0.2, 0.25) is 0 Å². The van der Waals surface area contributed by atoms with Gasteiger partial charge in [-0.2, -0.15) is 0 Å². The quantitative estimate of drug-likeness (QED) is 0.914. The van der Waals surface area contributed by atoms with Gasteiger partial charge in [-0.05, 0) is 29.7 Å². The van der Waals surface area contributed by atoms with Crippen LogP contribution in [0.15, 0.2) is 54.6 Å². The molecule has 2 N–H and O–H groups in total. The van der Waals surface area contributed by atoms with Crippen molar-refractivity contribution in [1.29, 1.82) is 0 Å². The van der Waals surface area contributed by atoms with Crippen LogP contribution < -0.4 is 10.6 Å². The molecule has 0 saturated heterocycles. The Kier molecular flexibility index (Phi) is 4.57. The number of carbonyl (C=O) groups is 2. The third-order valence-electron chi connectivity index (χ3n) is 3.92. The van der Waals surface area contributed by atoms with Gasteiger partial charge in [-0.3, -0.25) is 4.79 Å². The average Bonchev–Trinajstić information content (AvgIpc) is 2.60. The molecule has 0 unspecified atom stereocenters. The van der Waals surface area contributed by atoms with Crippen molar-refractivity contribution in [2.75, 3.05) is 18.4 Å². The third kappa shape index (κ3) is 3.88. The minimum absolute atomic E-state index is 0.000827. The van der Waals surface area contributed by atoms with E-state index in [2.05, 4.69) is 16.7 Å². The van der Waals surface area contributed by atoms with Crippen LogP contribution in [0.5, 0.6) is 0 Å². The first-order valence-electron chi connectivity index (χ1n) is 7.67. The summed E-state index contributed by atoms with van der Waals surface area (Å²) < 4.78 is 0. The number of nitrogens with one attached hydrogen (secondary N) is 2.